The van der Waals surface area contributed by atoms with Crippen LogP contribution in [0, 0.1) is 5.92 Å². The molecule has 0 saturated heterocycles. The molecule has 0 spiro atoms. The van der Waals surface area contributed by atoms with Crippen LogP contribution in [0.2, 0.25) is 0 Å². The molecule has 3 rings (SSSR count). The van der Waals surface area contributed by atoms with E-state index in [1.807, 2.05) is 35.7 Å². The number of para-hydroxylation sites is 1. The third-order valence-corrected chi connectivity index (χ3v) is 6.67. The minimum absolute atomic E-state index is 0.222. The molecule has 3 nitrogen and oxygen atoms in total. The second-order valence-corrected chi connectivity index (χ2v) is 10.3. The van der Waals surface area contributed by atoms with Gasteiger partial charge in [-0.2, -0.15) is 0 Å². The van der Waals surface area contributed by atoms with E-state index in [0.29, 0.717) is 11.2 Å². The molecule has 25 heavy (non-hydrogen) atoms. The van der Waals surface area contributed by atoms with Crippen molar-refractivity contribution in [2.75, 3.05) is 0 Å². The van der Waals surface area contributed by atoms with Gasteiger partial charge in [-0.15, -0.1) is 16.9 Å². The van der Waals surface area contributed by atoms with Gasteiger partial charge in [0.2, 0.25) is 0 Å². The van der Waals surface area contributed by atoms with Gasteiger partial charge in [0.15, 0.2) is 4.20 Å². The topological polar surface area (TPSA) is 30.7 Å². The lowest BCUT2D eigenvalue weighted by Gasteiger charge is -2.36. The maximum absolute atomic E-state index is 4.60. The maximum atomic E-state index is 4.60. The average molecular weight is 372 g/mol. The molecule has 0 bridgehead atoms. The predicted molar refractivity (Wildman–Crippen MR) is 110 cm³/mol. The summed E-state index contributed by atoms with van der Waals surface area (Å²) in [6, 6.07) is 18.9. The molecule has 3 aromatic rings. The molecule has 2 aromatic carbocycles. The Labute approximate surface area is 158 Å². The summed E-state index contributed by atoms with van der Waals surface area (Å²) in [7, 11) is 0. The van der Waals surface area contributed by atoms with Gasteiger partial charge in [0.25, 0.3) is 0 Å². The molecule has 0 aliphatic carbocycles. The Hall–Kier alpha value is -1.46. The zero-order valence-electron chi connectivity index (χ0n) is 15.2. The lowest BCUT2D eigenvalue weighted by atomic mass is 10.1. The van der Waals surface area contributed by atoms with Gasteiger partial charge < -0.3 is 0 Å². The SMILES string of the molecule is CC(C)CC(Sc1ccccc1)(SC(C)C)n1nnc2ccccc21. The van der Waals surface area contributed by atoms with E-state index in [2.05, 4.69) is 85.2 Å². The zero-order valence-corrected chi connectivity index (χ0v) is 16.8. The monoisotopic (exact) mass is 371 g/mol. The van der Waals surface area contributed by atoms with Crippen molar-refractivity contribution in [3.63, 3.8) is 0 Å². The third kappa shape index (κ3) is 4.21. The van der Waals surface area contributed by atoms with E-state index in [9.17, 15) is 0 Å². The Kier molecular flexibility index (Phi) is 5.74. The highest BCUT2D eigenvalue weighted by atomic mass is 32.2. The van der Waals surface area contributed by atoms with Crippen molar-refractivity contribution in [3.8, 4) is 0 Å². The van der Waals surface area contributed by atoms with Crippen LogP contribution < -0.4 is 0 Å². The average Bonchev–Trinajstić information content (AvgIpc) is 2.99. The summed E-state index contributed by atoms with van der Waals surface area (Å²) in [6.07, 6.45) is 1.02. The molecule has 132 valence electrons. The van der Waals surface area contributed by atoms with Gasteiger partial charge in [-0.05, 0) is 36.6 Å². The number of thioether (sulfide) groups is 2. The molecule has 0 aliphatic rings. The van der Waals surface area contributed by atoms with Crippen LogP contribution in [-0.2, 0) is 4.20 Å². The van der Waals surface area contributed by atoms with E-state index in [4.69, 9.17) is 0 Å². The van der Waals surface area contributed by atoms with Gasteiger partial charge in [0.1, 0.15) is 5.52 Å². The van der Waals surface area contributed by atoms with Crippen LogP contribution in [-0.4, -0.2) is 20.2 Å². The molecule has 5 heteroatoms. The summed E-state index contributed by atoms with van der Waals surface area (Å²) in [5.74, 6) is 0.547. The van der Waals surface area contributed by atoms with Crippen molar-refractivity contribution in [1.82, 2.24) is 15.0 Å². The van der Waals surface area contributed by atoms with Crippen molar-refractivity contribution < 1.29 is 0 Å². The summed E-state index contributed by atoms with van der Waals surface area (Å²) in [5, 5.41) is 9.51. The first kappa shape index (κ1) is 18.3. The highest BCUT2D eigenvalue weighted by molar-refractivity contribution is 8.17. The summed E-state index contributed by atoms with van der Waals surface area (Å²) < 4.78 is 1.92. The zero-order chi connectivity index (χ0) is 17.9. The first-order valence-corrected chi connectivity index (χ1v) is 10.4. The Morgan fingerprint density at radius 3 is 2.32 bits per heavy atom. The molecule has 0 amide bonds. The van der Waals surface area contributed by atoms with Gasteiger partial charge in [0, 0.05) is 10.1 Å². The van der Waals surface area contributed by atoms with Crippen molar-refractivity contribution in [1.29, 1.82) is 0 Å². The number of hydrogen-bond acceptors (Lipinski definition) is 4. The van der Waals surface area contributed by atoms with Gasteiger partial charge in [-0.25, -0.2) is 4.68 Å². The lowest BCUT2D eigenvalue weighted by molar-refractivity contribution is 0.440. The summed E-state index contributed by atoms with van der Waals surface area (Å²) in [4.78, 5) is 1.26. The van der Waals surface area contributed by atoms with Crippen LogP contribution in [0.3, 0.4) is 0 Å². The second-order valence-electron chi connectivity index (χ2n) is 6.88. The van der Waals surface area contributed by atoms with E-state index < -0.39 is 0 Å². The minimum Gasteiger partial charge on any atom is -0.218 e. The van der Waals surface area contributed by atoms with E-state index in [1.54, 1.807) is 0 Å². The number of nitrogens with zero attached hydrogens (tertiary/aromatic N) is 3. The Morgan fingerprint density at radius 2 is 1.64 bits per heavy atom. The first-order chi connectivity index (χ1) is 12.0. The van der Waals surface area contributed by atoms with Gasteiger partial charge in [0.05, 0.1) is 5.52 Å². The summed E-state index contributed by atoms with van der Waals surface area (Å²) in [5.41, 5.74) is 2.05. The van der Waals surface area contributed by atoms with E-state index >= 15 is 0 Å². The van der Waals surface area contributed by atoms with E-state index in [0.717, 1.165) is 17.5 Å². The van der Waals surface area contributed by atoms with Crippen LogP contribution >= 0.6 is 23.5 Å². The molecule has 1 aromatic heterocycles. The van der Waals surface area contributed by atoms with Crippen LogP contribution in [0.4, 0.5) is 0 Å². The number of hydrogen-bond donors (Lipinski definition) is 0. The molecule has 1 heterocycles. The number of rotatable bonds is 7. The molecule has 0 saturated carbocycles. The standard InChI is InChI=1S/C20H25N3S2/c1-15(2)14-20(24-16(3)4,25-17-10-6-5-7-11-17)23-19-13-9-8-12-18(19)21-22-23/h5-13,15-16H,14H2,1-4H3. The van der Waals surface area contributed by atoms with Gasteiger partial charge >= 0.3 is 0 Å². The fourth-order valence-corrected chi connectivity index (χ4v) is 6.73. The van der Waals surface area contributed by atoms with Crippen molar-refractivity contribution in [3.05, 3.63) is 54.6 Å². The van der Waals surface area contributed by atoms with Crippen LogP contribution in [0.25, 0.3) is 11.0 Å². The summed E-state index contributed by atoms with van der Waals surface area (Å²) in [6.45, 7) is 9.06. The second kappa shape index (κ2) is 7.83. The Bertz CT molecular complexity index is 802. The number of benzene rings is 2. The highest BCUT2D eigenvalue weighted by Crippen LogP contribution is 2.52. The molecule has 1 unspecified atom stereocenters. The highest BCUT2D eigenvalue weighted by Gasteiger charge is 2.38. The molecular weight excluding hydrogens is 346 g/mol. The quantitative estimate of drug-likeness (QED) is 0.375. The normalized spacial score (nSPS) is 14.3. The Balaban J connectivity index is 2.14. The third-order valence-electron chi connectivity index (χ3n) is 3.78. The Morgan fingerprint density at radius 1 is 0.960 bits per heavy atom. The maximum Gasteiger partial charge on any atom is 0.161 e. The lowest BCUT2D eigenvalue weighted by Crippen LogP contribution is -2.31. The van der Waals surface area contributed by atoms with Crippen molar-refractivity contribution in [2.45, 2.75) is 48.5 Å². The number of fused-ring (bicyclic) bond motifs is 1. The summed E-state index contributed by atoms with van der Waals surface area (Å²) >= 11 is 3.85. The first-order valence-electron chi connectivity index (χ1n) is 8.73. The molecule has 0 fully saturated rings. The fraction of sp³-hybridized carbons (Fsp3) is 0.400. The largest absolute Gasteiger partial charge is 0.218 e. The molecule has 0 radical (unpaired) electrons. The van der Waals surface area contributed by atoms with Crippen molar-refractivity contribution in [2.24, 2.45) is 5.92 Å². The van der Waals surface area contributed by atoms with Crippen LogP contribution in [0.1, 0.15) is 34.1 Å². The van der Waals surface area contributed by atoms with Gasteiger partial charge in [-0.1, -0.05) is 75.0 Å². The number of aromatic nitrogens is 3. The van der Waals surface area contributed by atoms with Crippen LogP contribution in [0.5, 0.6) is 0 Å². The van der Waals surface area contributed by atoms with Crippen LogP contribution in [0.15, 0.2) is 59.5 Å². The molecule has 0 N–H and O–H groups in total. The smallest absolute Gasteiger partial charge is 0.161 e. The van der Waals surface area contributed by atoms with Crippen molar-refractivity contribution >= 4 is 34.6 Å². The van der Waals surface area contributed by atoms with E-state index in [-0.39, 0.29) is 4.20 Å². The molecule has 1 atom stereocenters. The minimum atomic E-state index is -0.222. The molecule has 0 aliphatic heterocycles. The van der Waals surface area contributed by atoms with E-state index in [1.165, 1.54) is 4.90 Å². The predicted octanol–water partition coefficient (Wildman–Crippen LogP) is 6.02. The van der Waals surface area contributed by atoms with Gasteiger partial charge in [-0.3, -0.25) is 0 Å². The molecular formula is C20H25N3S2. The fourth-order valence-electron chi connectivity index (χ4n) is 2.97.